The Bertz CT molecular complexity index is 464. The third kappa shape index (κ3) is 1.19. The van der Waals surface area contributed by atoms with Crippen LogP contribution < -0.4 is 5.73 Å². The van der Waals surface area contributed by atoms with Gasteiger partial charge in [-0.3, -0.25) is 4.57 Å². The normalized spacial score (nSPS) is 11.0. The molecule has 6 heteroatoms. The number of nitrogens with zero attached hydrogens (tertiary/aromatic N) is 4. The van der Waals surface area contributed by atoms with Crippen molar-refractivity contribution < 1.29 is 4.39 Å². The lowest BCUT2D eigenvalue weighted by molar-refractivity contribution is 0.470. The number of rotatable bonds is 2. The highest BCUT2D eigenvalue weighted by atomic mass is 19.1. The summed E-state index contributed by atoms with van der Waals surface area (Å²) in [5.74, 6) is 0.212. The largest absolute Gasteiger partial charge is 0.382 e. The minimum atomic E-state index is -0.561. The zero-order valence-electron chi connectivity index (χ0n) is 7.74. The molecule has 0 aliphatic heterocycles. The Hall–Kier alpha value is -1.72. The number of hydrogen-bond donors (Lipinski definition) is 1. The van der Waals surface area contributed by atoms with Gasteiger partial charge in [0.15, 0.2) is 17.0 Å². The van der Waals surface area contributed by atoms with Gasteiger partial charge in [-0.1, -0.05) is 6.92 Å². The SMILES string of the molecule is CCCn1c(F)nc2c(N)ncnc21. The minimum absolute atomic E-state index is 0.212. The zero-order chi connectivity index (χ0) is 10.1. The van der Waals surface area contributed by atoms with Gasteiger partial charge in [0.25, 0.3) is 6.08 Å². The van der Waals surface area contributed by atoms with Crippen molar-refractivity contribution in [3.63, 3.8) is 0 Å². The summed E-state index contributed by atoms with van der Waals surface area (Å²) in [6.45, 7) is 2.49. The molecule has 0 aromatic carbocycles. The molecule has 0 saturated heterocycles. The van der Waals surface area contributed by atoms with Gasteiger partial charge in [0.2, 0.25) is 0 Å². The second-order valence-electron chi connectivity index (χ2n) is 2.96. The Morgan fingerprint density at radius 2 is 2.29 bits per heavy atom. The number of aromatic nitrogens is 4. The lowest BCUT2D eigenvalue weighted by Crippen LogP contribution is -2.01. The number of nitrogen functional groups attached to an aromatic ring is 1. The van der Waals surface area contributed by atoms with Crippen molar-refractivity contribution in [2.45, 2.75) is 19.9 Å². The van der Waals surface area contributed by atoms with E-state index < -0.39 is 6.08 Å². The monoisotopic (exact) mass is 195 g/mol. The van der Waals surface area contributed by atoms with Crippen LogP contribution in [0.5, 0.6) is 0 Å². The second-order valence-corrected chi connectivity index (χ2v) is 2.96. The summed E-state index contributed by atoms with van der Waals surface area (Å²) in [6.07, 6.45) is 1.56. The van der Waals surface area contributed by atoms with E-state index in [0.717, 1.165) is 6.42 Å². The molecule has 5 nitrogen and oxygen atoms in total. The van der Waals surface area contributed by atoms with E-state index >= 15 is 0 Å². The molecule has 0 atom stereocenters. The van der Waals surface area contributed by atoms with Crippen molar-refractivity contribution >= 4 is 17.0 Å². The number of aryl methyl sites for hydroxylation is 1. The van der Waals surface area contributed by atoms with Crippen LogP contribution >= 0.6 is 0 Å². The molecule has 0 aliphatic carbocycles. The molecule has 0 bridgehead atoms. The Kier molecular flexibility index (Phi) is 2.03. The summed E-state index contributed by atoms with van der Waals surface area (Å²) in [5, 5.41) is 0. The summed E-state index contributed by atoms with van der Waals surface area (Å²) in [5.41, 5.74) is 6.33. The number of anilines is 1. The Balaban J connectivity index is 2.70. The molecule has 0 saturated carbocycles. The zero-order valence-corrected chi connectivity index (χ0v) is 7.74. The lowest BCUT2D eigenvalue weighted by atomic mass is 10.4. The van der Waals surface area contributed by atoms with Crippen molar-refractivity contribution in [3.8, 4) is 0 Å². The van der Waals surface area contributed by atoms with E-state index in [0.29, 0.717) is 17.7 Å². The summed E-state index contributed by atoms with van der Waals surface area (Å²) >= 11 is 0. The van der Waals surface area contributed by atoms with Crippen LogP contribution in [0, 0.1) is 6.08 Å². The molecular weight excluding hydrogens is 185 g/mol. The molecule has 74 valence electrons. The van der Waals surface area contributed by atoms with Gasteiger partial charge in [-0.15, -0.1) is 0 Å². The predicted octanol–water partition coefficient (Wildman–Crippen LogP) is 0.958. The highest BCUT2D eigenvalue weighted by Crippen LogP contribution is 2.16. The number of imidazole rings is 1. The van der Waals surface area contributed by atoms with Crippen LogP contribution in [0.3, 0.4) is 0 Å². The van der Waals surface area contributed by atoms with Crippen LogP contribution in [0.1, 0.15) is 13.3 Å². The van der Waals surface area contributed by atoms with Crippen molar-refractivity contribution in [2.24, 2.45) is 0 Å². The fourth-order valence-electron chi connectivity index (χ4n) is 1.35. The van der Waals surface area contributed by atoms with Crippen molar-refractivity contribution in [3.05, 3.63) is 12.4 Å². The molecule has 2 N–H and O–H groups in total. The Morgan fingerprint density at radius 1 is 1.50 bits per heavy atom. The molecule has 0 fully saturated rings. The second kappa shape index (κ2) is 3.21. The molecule has 2 rings (SSSR count). The van der Waals surface area contributed by atoms with Crippen molar-refractivity contribution in [1.29, 1.82) is 0 Å². The first kappa shape index (κ1) is 8.86. The molecule has 2 aromatic heterocycles. The number of halogens is 1. The fourth-order valence-corrected chi connectivity index (χ4v) is 1.35. The summed E-state index contributed by atoms with van der Waals surface area (Å²) in [4.78, 5) is 11.4. The molecule has 0 amide bonds. The molecule has 0 aliphatic rings. The number of nitrogens with two attached hydrogens (primary N) is 1. The van der Waals surface area contributed by atoms with Gasteiger partial charge in [-0.05, 0) is 6.42 Å². The van der Waals surface area contributed by atoms with Gasteiger partial charge < -0.3 is 5.73 Å². The third-order valence-electron chi connectivity index (χ3n) is 1.96. The first-order valence-corrected chi connectivity index (χ1v) is 4.36. The lowest BCUT2D eigenvalue weighted by Gasteiger charge is -2.00. The van der Waals surface area contributed by atoms with E-state index in [1.807, 2.05) is 6.92 Å². The highest BCUT2D eigenvalue weighted by Gasteiger charge is 2.12. The molecular formula is C8H10FN5. The molecule has 14 heavy (non-hydrogen) atoms. The van der Waals surface area contributed by atoms with E-state index in [9.17, 15) is 4.39 Å². The van der Waals surface area contributed by atoms with E-state index in [4.69, 9.17) is 5.73 Å². The fraction of sp³-hybridized carbons (Fsp3) is 0.375. The van der Waals surface area contributed by atoms with Crippen LogP contribution in [0.2, 0.25) is 0 Å². The predicted molar refractivity (Wildman–Crippen MR) is 50.0 cm³/mol. The third-order valence-corrected chi connectivity index (χ3v) is 1.96. The minimum Gasteiger partial charge on any atom is -0.382 e. The van der Waals surface area contributed by atoms with Gasteiger partial charge in [0.1, 0.15) is 6.33 Å². The molecule has 2 aromatic rings. The van der Waals surface area contributed by atoms with E-state index in [1.165, 1.54) is 10.9 Å². The molecule has 0 spiro atoms. The standard InChI is InChI=1S/C8H10FN5/c1-2-3-14-7-5(13-8(14)9)6(10)11-4-12-7/h4H,2-3H2,1H3,(H2,10,11,12). The maximum absolute atomic E-state index is 13.3. The van der Waals surface area contributed by atoms with Gasteiger partial charge >= 0.3 is 0 Å². The summed E-state index contributed by atoms with van der Waals surface area (Å²) < 4.78 is 14.7. The van der Waals surface area contributed by atoms with Gasteiger partial charge in [-0.2, -0.15) is 9.37 Å². The van der Waals surface area contributed by atoms with Crippen LogP contribution in [0.15, 0.2) is 6.33 Å². The first-order valence-electron chi connectivity index (χ1n) is 4.36. The summed E-state index contributed by atoms with van der Waals surface area (Å²) in [7, 11) is 0. The van der Waals surface area contributed by atoms with Crippen LogP contribution in [0.4, 0.5) is 10.2 Å². The van der Waals surface area contributed by atoms with Crippen LogP contribution in [-0.4, -0.2) is 19.5 Å². The van der Waals surface area contributed by atoms with Gasteiger partial charge in [0, 0.05) is 6.54 Å². The maximum Gasteiger partial charge on any atom is 0.291 e. The molecule has 0 radical (unpaired) electrons. The highest BCUT2D eigenvalue weighted by molar-refractivity contribution is 5.81. The average molecular weight is 195 g/mol. The molecule has 2 heterocycles. The molecule has 0 unspecified atom stereocenters. The maximum atomic E-state index is 13.3. The summed E-state index contributed by atoms with van der Waals surface area (Å²) in [6, 6.07) is 0. The van der Waals surface area contributed by atoms with Crippen LogP contribution in [0.25, 0.3) is 11.2 Å². The van der Waals surface area contributed by atoms with E-state index in [1.54, 1.807) is 0 Å². The average Bonchev–Trinajstić information content (AvgIpc) is 2.47. The number of fused-ring (bicyclic) bond motifs is 1. The first-order chi connectivity index (χ1) is 6.74. The smallest absolute Gasteiger partial charge is 0.291 e. The topological polar surface area (TPSA) is 69.6 Å². The van der Waals surface area contributed by atoms with Crippen molar-refractivity contribution in [1.82, 2.24) is 19.5 Å². The van der Waals surface area contributed by atoms with E-state index in [-0.39, 0.29) is 5.82 Å². The number of hydrogen-bond acceptors (Lipinski definition) is 4. The quantitative estimate of drug-likeness (QED) is 0.724. The Morgan fingerprint density at radius 3 is 3.00 bits per heavy atom. The van der Waals surface area contributed by atoms with Gasteiger partial charge in [-0.25, -0.2) is 9.97 Å². The van der Waals surface area contributed by atoms with Crippen molar-refractivity contribution in [2.75, 3.05) is 5.73 Å². The Labute approximate surface area is 79.8 Å². The van der Waals surface area contributed by atoms with Gasteiger partial charge in [0.05, 0.1) is 0 Å². The van der Waals surface area contributed by atoms with E-state index in [2.05, 4.69) is 15.0 Å². The van der Waals surface area contributed by atoms with Crippen LogP contribution in [-0.2, 0) is 6.54 Å².